The van der Waals surface area contributed by atoms with Crippen LogP contribution in [0.5, 0.6) is 0 Å². The third-order valence-electron chi connectivity index (χ3n) is 4.71. The maximum Gasteiger partial charge on any atom is 0.224 e. The van der Waals surface area contributed by atoms with Crippen LogP contribution in [0.1, 0.15) is 56.2 Å². The van der Waals surface area contributed by atoms with E-state index in [4.69, 9.17) is 0 Å². The Kier molecular flexibility index (Phi) is 5.19. The molecule has 1 N–H and O–H groups in total. The van der Waals surface area contributed by atoms with Crippen molar-refractivity contribution in [3.63, 3.8) is 0 Å². The Hall–Kier alpha value is -1.48. The van der Waals surface area contributed by atoms with Gasteiger partial charge < -0.3 is 9.47 Å². The Morgan fingerprint density at radius 3 is 2.83 bits per heavy atom. The van der Waals surface area contributed by atoms with E-state index in [0.717, 1.165) is 56.6 Å². The zero-order valence-corrected chi connectivity index (χ0v) is 14.9. The van der Waals surface area contributed by atoms with E-state index >= 15 is 0 Å². The summed E-state index contributed by atoms with van der Waals surface area (Å²) in [5, 5.41) is 8.71. The zero-order chi connectivity index (χ0) is 17.2. The van der Waals surface area contributed by atoms with Crippen LogP contribution in [-0.4, -0.2) is 53.3 Å². The van der Waals surface area contributed by atoms with E-state index in [2.05, 4.69) is 19.5 Å². The van der Waals surface area contributed by atoms with Gasteiger partial charge in [0.25, 0.3) is 0 Å². The van der Waals surface area contributed by atoms with E-state index in [1.807, 2.05) is 4.90 Å². The second-order valence-corrected chi connectivity index (χ2v) is 8.43. The number of rotatable bonds is 5. The normalized spacial score (nSPS) is 21.5. The first-order valence-electron chi connectivity index (χ1n) is 8.62. The van der Waals surface area contributed by atoms with Gasteiger partial charge in [0, 0.05) is 32.5 Å². The van der Waals surface area contributed by atoms with Crippen LogP contribution >= 0.6 is 0 Å². The molecule has 24 heavy (non-hydrogen) atoms. The minimum atomic E-state index is -3.26. The summed E-state index contributed by atoms with van der Waals surface area (Å²) in [6.07, 6.45) is 7.52. The van der Waals surface area contributed by atoms with Gasteiger partial charge in [-0.3, -0.25) is 4.79 Å². The first-order valence-corrected chi connectivity index (χ1v) is 10.5. The maximum atomic E-state index is 12.5. The number of hydrogen-bond acceptors (Lipinski definition) is 5. The molecule has 3 heterocycles. The summed E-state index contributed by atoms with van der Waals surface area (Å²) in [4.78, 5) is 14.3. The van der Waals surface area contributed by atoms with Gasteiger partial charge in [0.1, 0.15) is 5.82 Å². The van der Waals surface area contributed by atoms with E-state index in [1.54, 1.807) is 0 Å². The van der Waals surface area contributed by atoms with E-state index in [0.29, 0.717) is 6.54 Å². The minimum Gasteiger partial charge on any atom is -0.332 e. The molecule has 0 saturated carbocycles. The summed E-state index contributed by atoms with van der Waals surface area (Å²) in [5.41, 5.74) is 0. The zero-order valence-electron chi connectivity index (χ0n) is 14.1. The molecule has 0 radical (unpaired) electrons. The lowest BCUT2D eigenvalue weighted by Crippen LogP contribution is -2.35. The lowest BCUT2D eigenvalue weighted by molar-refractivity contribution is -0.132. The van der Waals surface area contributed by atoms with Gasteiger partial charge in [-0.1, -0.05) is 6.42 Å². The van der Waals surface area contributed by atoms with Gasteiger partial charge in [0.2, 0.25) is 15.9 Å². The average Bonchev–Trinajstić information content (AvgIpc) is 3.07. The number of fused-ring (bicyclic) bond motifs is 1. The number of carbonyl (C=O) groups is 1. The van der Waals surface area contributed by atoms with Crippen LogP contribution in [0.4, 0.5) is 0 Å². The highest BCUT2D eigenvalue weighted by Crippen LogP contribution is 2.32. The van der Waals surface area contributed by atoms with E-state index < -0.39 is 10.0 Å². The summed E-state index contributed by atoms with van der Waals surface area (Å²) in [6.45, 7) is 1.76. The minimum absolute atomic E-state index is 0.0281. The Bertz CT molecular complexity index is 700. The van der Waals surface area contributed by atoms with Crippen LogP contribution < -0.4 is 4.72 Å². The highest BCUT2D eigenvalue weighted by atomic mass is 32.2. The smallest absolute Gasteiger partial charge is 0.224 e. The predicted molar refractivity (Wildman–Crippen MR) is 88.7 cm³/mol. The van der Waals surface area contributed by atoms with Crippen molar-refractivity contribution in [1.82, 2.24) is 24.4 Å². The number of nitrogens with one attached hydrogen (secondary N) is 1. The lowest BCUT2D eigenvalue weighted by Gasteiger charge is -2.24. The van der Waals surface area contributed by atoms with Crippen molar-refractivity contribution in [1.29, 1.82) is 0 Å². The van der Waals surface area contributed by atoms with Gasteiger partial charge in [-0.05, 0) is 25.7 Å². The first-order chi connectivity index (χ1) is 11.5. The van der Waals surface area contributed by atoms with Crippen molar-refractivity contribution in [2.24, 2.45) is 0 Å². The maximum absolute atomic E-state index is 12.5. The number of nitrogens with zero attached hydrogens (tertiary/aromatic N) is 4. The fourth-order valence-electron chi connectivity index (χ4n) is 3.57. The Balaban J connectivity index is 1.69. The number of likely N-dealkylation sites (tertiary alicyclic amines) is 1. The molecular weight excluding hydrogens is 330 g/mol. The van der Waals surface area contributed by atoms with E-state index in [-0.39, 0.29) is 24.9 Å². The quantitative estimate of drug-likeness (QED) is 0.834. The van der Waals surface area contributed by atoms with Gasteiger partial charge >= 0.3 is 0 Å². The molecule has 1 aromatic heterocycles. The number of aryl methyl sites for hydroxylation is 1. The molecule has 0 bridgehead atoms. The average molecular weight is 355 g/mol. The molecule has 2 aliphatic rings. The SMILES string of the molecule is CS(=O)(=O)NCCC(=O)N1CCC[C@H]1c1nnc2n1CCCCC2. The number of amides is 1. The van der Waals surface area contributed by atoms with Crippen LogP contribution in [0.3, 0.4) is 0 Å². The van der Waals surface area contributed by atoms with Crippen molar-refractivity contribution in [3.8, 4) is 0 Å². The van der Waals surface area contributed by atoms with E-state index in [9.17, 15) is 13.2 Å². The highest BCUT2D eigenvalue weighted by molar-refractivity contribution is 7.88. The summed E-state index contributed by atoms with van der Waals surface area (Å²) < 4.78 is 26.8. The molecule has 1 aromatic rings. The van der Waals surface area contributed by atoms with Crippen LogP contribution in [-0.2, 0) is 27.8 Å². The molecule has 0 aliphatic carbocycles. The monoisotopic (exact) mass is 355 g/mol. The van der Waals surface area contributed by atoms with Gasteiger partial charge in [0.15, 0.2) is 5.82 Å². The Labute approximate surface area is 142 Å². The number of sulfonamides is 1. The summed E-state index contributed by atoms with van der Waals surface area (Å²) in [5.74, 6) is 1.90. The van der Waals surface area contributed by atoms with Crippen molar-refractivity contribution in [3.05, 3.63) is 11.6 Å². The predicted octanol–water partition coefficient (Wildman–Crippen LogP) is 0.607. The van der Waals surface area contributed by atoms with Crippen molar-refractivity contribution in [2.75, 3.05) is 19.3 Å². The molecule has 1 fully saturated rings. The number of carbonyl (C=O) groups excluding carboxylic acids is 1. The molecule has 8 nitrogen and oxygen atoms in total. The molecule has 134 valence electrons. The lowest BCUT2D eigenvalue weighted by atomic mass is 10.2. The molecule has 1 amide bonds. The third-order valence-corrected chi connectivity index (χ3v) is 5.44. The molecule has 0 aromatic carbocycles. The molecule has 3 rings (SSSR count). The van der Waals surface area contributed by atoms with Gasteiger partial charge in [-0.15, -0.1) is 10.2 Å². The molecule has 0 spiro atoms. The Morgan fingerprint density at radius 1 is 1.21 bits per heavy atom. The standard InChI is InChI=1S/C15H25N5O3S/c1-24(22,23)16-9-8-14(21)19-11-5-6-12(19)15-18-17-13-7-3-2-4-10-20(13)15/h12,16H,2-11H2,1H3/t12-/m0/s1. The van der Waals surface area contributed by atoms with Crippen LogP contribution in [0.2, 0.25) is 0 Å². The highest BCUT2D eigenvalue weighted by Gasteiger charge is 2.34. The van der Waals surface area contributed by atoms with Gasteiger partial charge in [-0.2, -0.15) is 0 Å². The second-order valence-electron chi connectivity index (χ2n) is 6.60. The third kappa shape index (κ3) is 3.94. The molecule has 9 heteroatoms. The molecule has 2 aliphatic heterocycles. The topological polar surface area (TPSA) is 97.2 Å². The van der Waals surface area contributed by atoms with Crippen molar-refractivity contribution >= 4 is 15.9 Å². The van der Waals surface area contributed by atoms with Gasteiger partial charge in [-0.25, -0.2) is 13.1 Å². The fourth-order valence-corrected chi connectivity index (χ4v) is 4.05. The number of hydrogen-bond donors (Lipinski definition) is 1. The molecule has 1 atom stereocenters. The van der Waals surface area contributed by atoms with Crippen molar-refractivity contribution in [2.45, 2.75) is 57.5 Å². The van der Waals surface area contributed by atoms with E-state index in [1.165, 1.54) is 6.42 Å². The van der Waals surface area contributed by atoms with Gasteiger partial charge in [0.05, 0.1) is 12.3 Å². The largest absolute Gasteiger partial charge is 0.332 e. The first kappa shape index (κ1) is 17.3. The molecule has 0 unspecified atom stereocenters. The van der Waals surface area contributed by atoms with Crippen molar-refractivity contribution < 1.29 is 13.2 Å². The summed E-state index contributed by atoms with van der Waals surface area (Å²) >= 11 is 0. The summed E-state index contributed by atoms with van der Waals surface area (Å²) in [7, 11) is -3.26. The fraction of sp³-hybridized carbons (Fsp3) is 0.800. The summed E-state index contributed by atoms with van der Waals surface area (Å²) in [6, 6.07) is -0.0323. The van der Waals surface area contributed by atoms with Crippen LogP contribution in [0.15, 0.2) is 0 Å². The molecule has 1 saturated heterocycles. The second kappa shape index (κ2) is 7.18. The number of aromatic nitrogens is 3. The molecular formula is C15H25N5O3S. The van der Waals surface area contributed by atoms with Crippen LogP contribution in [0, 0.1) is 0 Å². The Morgan fingerprint density at radius 2 is 2.04 bits per heavy atom. The van der Waals surface area contributed by atoms with Crippen LogP contribution in [0.25, 0.3) is 0 Å².